The van der Waals surface area contributed by atoms with E-state index >= 15 is 0 Å². The molecule has 6 nitrogen and oxygen atoms in total. The molecule has 0 radical (unpaired) electrons. The third kappa shape index (κ3) is 4.00. The Kier molecular flexibility index (Phi) is 5.78. The number of ether oxygens (including phenoxy) is 1. The Hall–Kier alpha value is -3.55. The van der Waals surface area contributed by atoms with E-state index in [1.54, 1.807) is 0 Å². The standard InChI is InChI=1S/C23H12Cl2FNO5/c24-14-4-8-19(18(25)10-14)27-21(29)16-7-3-13(9-17(16)22(27)30)23(31)32-11-20(28)12-1-5-15(26)6-2-12/h1-10H,11H2. The predicted octanol–water partition coefficient (Wildman–Crippen LogP) is 4.97. The van der Waals surface area contributed by atoms with Crippen LogP contribution < -0.4 is 4.90 Å². The van der Waals surface area contributed by atoms with Crippen molar-refractivity contribution in [2.45, 2.75) is 0 Å². The van der Waals surface area contributed by atoms with Crippen molar-refractivity contribution in [3.63, 3.8) is 0 Å². The number of anilines is 1. The second kappa shape index (κ2) is 8.53. The quantitative estimate of drug-likeness (QED) is 0.298. The van der Waals surface area contributed by atoms with Crippen LogP contribution in [-0.4, -0.2) is 30.2 Å². The molecule has 0 fully saturated rings. The third-order valence-electron chi connectivity index (χ3n) is 4.77. The van der Waals surface area contributed by atoms with E-state index in [9.17, 15) is 23.6 Å². The van der Waals surface area contributed by atoms with Crippen molar-refractivity contribution in [3.8, 4) is 0 Å². The molecule has 1 aliphatic heterocycles. The van der Waals surface area contributed by atoms with Gasteiger partial charge in [-0.25, -0.2) is 14.1 Å². The van der Waals surface area contributed by atoms with Crippen molar-refractivity contribution in [1.82, 2.24) is 0 Å². The van der Waals surface area contributed by atoms with Crippen LogP contribution in [-0.2, 0) is 4.74 Å². The van der Waals surface area contributed by atoms with Crippen LogP contribution in [0.1, 0.15) is 41.4 Å². The van der Waals surface area contributed by atoms with Gasteiger partial charge < -0.3 is 4.74 Å². The molecule has 0 N–H and O–H groups in total. The molecule has 0 atom stereocenters. The largest absolute Gasteiger partial charge is 0.454 e. The average molecular weight is 472 g/mol. The molecule has 0 saturated carbocycles. The lowest BCUT2D eigenvalue weighted by Gasteiger charge is -2.15. The maximum absolute atomic E-state index is 13.0. The number of esters is 1. The van der Waals surface area contributed by atoms with E-state index in [4.69, 9.17) is 27.9 Å². The third-order valence-corrected chi connectivity index (χ3v) is 5.31. The molecule has 32 heavy (non-hydrogen) atoms. The summed E-state index contributed by atoms with van der Waals surface area (Å²) in [6.07, 6.45) is 0. The number of Topliss-reactive ketones (excluding diaryl/α,β-unsaturated/α-hetero) is 1. The van der Waals surface area contributed by atoms with Crippen molar-refractivity contribution >= 4 is 52.5 Å². The second-order valence-electron chi connectivity index (χ2n) is 6.81. The van der Waals surface area contributed by atoms with Crippen LogP contribution in [0, 0.1) is 5.82 Å². The number of carbonyl (C=O) groups excluding carboxylic acids is 4. The highest BCUT2D eigenvalue weighted by atomic mass is 35.5. The van der Waals surface area contributed by atoms with Crippen LogP contribution in [0.3, 0.4) is 0 Å². The van der Waals surface area contributed by atoms with Gasteiger partial charge in [0.25, 0.3) is 11.8 Å². The van der Waals surface area contributed by atoms with Crippen LogP contribution in [0.5, 0.6) is 0 Å². The van der Waals surface area contributed by atoms with E-state index in [1.807, 2.05) is 0 Å². The number of amides is 2. The predicted molar refractivity (Wildman–Crippen MR) is 115 cm³/mol. The lowest BCUT2D eigenvalue weighted by molar-refractivity contribution is 0.0474. The van der Waals surface area contributed by atoms with Crippen LogP contribution in [0.2, 0.25) is 10.0 Å². The monoisotopic (exact) mass is 471 g/mol. The molecule has 3 aromatic rings. The zero-order valence-electron chi connectivity index (χ0n) is 16.1. The summed E-state index contributed by atoms with van der Waals surface area (Å²) in [5.41, 5.74) is 0.432. The lowest BCUT2D eigenvalue weighted by Crippen LogP contribution is -2.29. The molecule has 0 aromatic heterocycles. The Bertz CT molecular complexity index is 1290. The number of hydrogen-bond donors (Lipinski definition) is 0. The van der Waals surface area contributed by atoms with Crippen molar-refractivity contribution < 1.29 is 28.3 Å². The summed E-state index contributed by atoms with van der Waals surface area (Å²) in [6.45, 7) is -0.569. The summed E-state index contributed by atoms with van der Waals surface area (Å²) >= 11 is 12.0. The maximum atomic E-state index is 13.0. The van der Waals surface area contributed by atoms with Gasteiger partial charge in [-0.2, -0.15) is 0 Å². The smallest absolute Gasteiger partial charge is 0.338 e. The first-order valence-corrected chi connectivity index (χ1v) is 9.95. The fourth-order valence-electron chi connectivity index (χ4n) is 3.18. The molecule has 9 heteroatoms. The highest BCUT2D eigenvalue weighted by molar-refractivity contribution is 6.41. The van der Waals surface area contributed by atoms with Gasteiger partial charge in [-0.05, 0) is 60.7 Å². The van der Waals surface area contributed by atoms with Gasteiger partial charge in [0.2, 0.25) is 0 Å². The molecule has 0 unspecified atom stereocenters. The summed E-state index contributed by atoms with van der Waals surface area (Å²) in [7, 11) is 0. The van der Waals surface area contributed by atoms with Gasteiger partial charge in [0.15, 0.2) is 12.4 Å². The number of carbonyl (C=O) groups is 4. The molecule has 0 saturated heterocycles. The lowest BCUT2D eigenvalue weighted by atomic mass is 10.1. The highest BCUT2D eigenvalue weighted by Gasteiger charge is 2.38. The Morgan fingerprint density at radius 3 is 2.19 bits per heavy atom. The first-order chi connectivity index (χ1) is 15.3. The van der Waals surface area contributed by atoms with Gasteiger partial charge in [-0.15, -0.1) is 0 Å². The van der Waals surface area contributed by atoms with Crippen LogP contribution in [0.15, 0.2) is 60.7 Å². The van der Waals surface area contributed by atoms with Gasteiger partial charge in [0.1, 0.15) is 5.82 Å². The number of fused-ring (bicyclic) bond motifs is 1. The fraction of sp³-hybridized carbons (Fsp3) is 0.0435. The zero-order valence-corrected chi connectivity index (χ0v) is 17.6. The summed E-state index contributed by atoms with van der Waals surface area (Å²) in [5, 5.41) is 0.460. The second-order valence-corrected chi connectivity index (χ2v) is 7.65. The number of rotatable bonds is 5. The van der Waals surface area contributed by atoms with Crippen LogP contribution >= 0.6 is 23.2 Å². The minimum Gasteiger partial charge on any atom is -0.454 e. The van der Waals surface area contributed by atoms with Crippen molar-refractivity contribution in [2.75, 3.05) is 11.5 Å². The van der Waals surface area contributed by atoms with Crippen molar-refractivity contribution in [3.05, 3.63) is 98.8 Å². The molecule has 1 aliphatic rings. The highest BCUT2D eigenvalue weighted by Crippen LogP contribution is 2.35. The summed E-state index contributed by atoms with van der Waals surface area (Å²) < 4.78 is 18.0. The number of benzene rings is 3. The number of ketones is 1. The SMILES string of the molecule is O=C(COC(=O)c1ccc2c(c1)C(=O)N(c1ccc(Cl)cc1Cl)C2=O)c1ccc(F)cc1. The van der Waals surface area contributed by atoms with Crippen molar-refractivity contribution in [1.29, 1.82) is 0 Å². The first-order valence-electron chi connectivity index (χ1n) is 9.20. The molecular formula is C23H12Cl2FNO5. The molecule has 4 rings (SSSR count). The van der Waals surface area contributed by atoms with E-state index in [2.05, 4.69) is 0 Å². The van der Waals surface area contributed by atoms with E-state index in [0.717, 1.165) is 17.0 Å². The van der Waals surface area contributed by atoms with Crippen LogP contribution in [0.4, 0.5) is 10.1 Å². The minimum absolute atomic E-state index is 0.000303. The molecular weight excluding hydrogens is 460 g/mol. The number of halogens is 3. The van der Waals surface area contributed by atoms with Gasteiger partial charge >= 0.3 is 5.97 Å². The Morgan fingerprint density at radius 1 is 0.844 bits per heavy atom. The number of hydrogen-bond acceptors (Lipinski definition) is 5. The van der Waals surface area contributed by atoms with Gasteiger partial charge in [0.05, 0.1) is 27.4 Å². The van der Waals surface area contributed by atoms with Crippen LogP contribution in [0.25, 0.3) is 0 Å². The Labute approximate surface area is 191 Å². The molecule has 3 aromatic carbocycles. The Balaban J connectivity index is 1.52. The zero-order chi connectivity index (χ0) is 23.0. The van der Waals surface area contributed by atoms with Crippen molar-refractivity contribution in [2.24, 2.45) is 0 Å². The average Bonchev–Trinajstić information content (AvgIpc) is 3.02. The molecule has 2 amide bonds. The number of imide groups is 1. The minimum atomic E-state index is -0.855. The summed E-state index contributed by atoms with van der Waals surface area (Å²) in [4.78, 5) is 51.0. The first kappa shape index (κ1) is 21.7. The molecule has 0 bridgehead atoms. The molecule has 0 aliphatic carbocycles. The molecule has 0 spiro atoms. The number of nitrogens with zero attached hydrogens (tertiary/aromatic N) is 1. The van der Waals surface area contributed by atoms with Gasteiger partial charge in [-0.1, -0.05) is 23.2 Å². The topological polar surface area (TPSA) is 80.8 Å². The van der Waals surface area contributed by atoms with E-state index in [-0.39, 0.29) is 33.0 Å². The van der Waals surface area contributed by atoms with E-state index in [0.29, 0.717) is 5.02 Å². The summed E-state index contributed by atoms with van der Waals surface area (Å²) in [5.74, 6) is -3.13. The Morgan fingerprint density at radius 2 is 1.50 bits per heavy atom. The fourth-order valence-corrected chi connectivity index (χ4v) is 3.68. The molecule has 160 valence electrons. The normalized spacial score (nSPS) is 12.7. The van der Waals surface area contributed by atoms with Gasteiger partial charge in [-0.3, -0.25) is 14.4 Å². The molecule has 1 heterocycles. The van der Waals surface area contributed by atoms with E-state index in [1.165, 1.54) is 48.5 Å². The summed E-state index contributed by atoms with van der Waals surface area (Å²) in [6, 6.07) is 13.0. The van der Waals surface area contributed by atoms with Gasteiger partial charge in [0, 0.05) is 10.6 Å². The van der Waals surface area contributed by atoms with E-state index < -0.39 is 36.0 Å². The maximum Gasteiger partial charge on any atom is 0.338 e.